The van der Waals surface area contributed by atoms with E-state index in [4.69, 9.17) is 9.47 Å². The summed E-state index contributed by atoms with van der Waals surface area (Å²) < 4.78 is 32.8. The topological polar surface area (TPSA) is 86.7 Å². The van der Waals surface area contributed by atoms with Gasteiger partial charge in [-0.1, -0.05) is 12.1 Å². The monoisotopic (exact) mass is 362 g/mol. The molecule has 0 aliphatic carbocycles. The fraction of sp³-hybridized carbons (Fsp3) is 0.222. The Balaban J connectivity index is 1.99. The van der Waals surface area contributed by atoms with Crippen molar-refractivity contribution < 1.29 is 27.5 Å². The molecule has 0 aliphatic heterocycles. The Labute approximate surface area is 146 Å². The Hall–Kier alpha value is -2.51. The maximum absolute atomic E-state index is 12.1. The van der Waals surface area contributed by atoms with E-state index in [9.17, 15) is 18.0 Å². The highest BCUT2D eigenvalue weighted by Crippen LogP contribution is 2.12. The van der Waals surface area contributed by atoms with Crippen LogP contribution in [0.4, 0.5) is 0 Å². The van der Waals surface area contributed by atoms with Gasteiger partial charge in [0.15, 0.2) is 22.2 Å². The van der Waals surface area contributed by atoms with Gasteiger partial charge < -0.3 is 9.47 Å². The van der Waals surface area contributed by atoms with Crippen LogP contribution in [0, 0.1) is 0 Å². The largest absolute Gasteiger partial charge is 0.454 e. The third-order valence-corrected chi connectivity index (χ3v) is 4.54. The first kappa shape index (κ1) is 18.8. The summed E-state index contributed by atoms with van der Waals surface area (Å²) in [6, 6.07) is 12.2. The number of esters is 1. The molecule has 0 aromatic heterocycles. The van der Waals surface area contributed by atoms with Crippen LogP contribution < -0.4 is 0 Å². The van der Waals surface area contributed by atoms with Crippen molar-refractivity contribution in [1.82, 2.24) is 0 Å². The quantitative estimate of drug-likeness (QED) is 0.555. The van der Waals surface area contributed by atoms with Crippen molar-refractivity contribution in [3.8, 4) is 0 Å². The van der Waals surface area contributed by atoms with Crippen LogP contribution in [0.2, 0.25) is 0 Å². The summed E-state index contributed by atoms with van der Waals surface area (Å²) in [6.45, 7) is -0.0572. The van der Waals surface area contributed by atoms with Crippen molar-refractivity contribution in [3.63, 3.8) is 0 Å². The molecule has 2 aromatic carbocycles. The lowest BCUT2D eigenvalue weighted by atomic mass is 10.1. The zero-order valence-corrected chi connectivity index (χ0v) is 14.7. The zero-order chi connectivity index (χ0) is 18.4. The van der Waals surface area contributed by atoms with E-state index in [1.54, 1.807) is 25.3 Å². The lowest BCUT2D eigenvalue weighted by molar-refractivity contribution is 0.0474. The van der Waals surface area contributed by atoms with Crippen LogP contribution in [-0.4, -0.2) is 40.1 Å². The van der Waals surface area contributed by atoms with Crippen LogP contribution in [0.3, 0.4) is 0 Å². The maximum atomic E-state index is 12.1. The van der Waals surface area contributed by atoms with E-state index < -0.39 is 28.2 Å². The minimum Gasteiger partial charge on any atom is -0.454 e. The molecule has 0 bridgehead atoms. The number of ketones is 1. The summed E-state index contributed by atoms with van der Waals surface area (Å²) in [5.41, 5.74) is 1.42. The summed E-state index contributed by atoms with van der Waals surface area (Å²) >= 11 is 0. The van der Waals surface area contributed by atoms with Crippen LogP contribution in [0.25, 0.3) is 0 Å². The molecule has 0 unspecified atom stereocenters. The average molecular weight is 362 g/mol. The van der Waals surface area contributed by atoms with Gasteiger partial charge in [0.2, 0.25) is 0 Å². The molecule has 0 aliphatic rings. The molecule has 25 heavy (non-hydrogen) atoms. The Bertz CT molecular complexity index is 869. The molecule has 0 amide bonds. The number of methoxy groups -OCH3 is 1. The molecular weight excluding hydrogens is 344 g/mol. The minimum atomic E-state index is -3.32. The second kappa shape index (κ2) is 8.04. The Morgan fingerprint density at radius 3 is 2.28 bits per heavy atom. The Morgan fingerprint density at radius 2 is 1.68 bits per heavy atom. The number of ether oxygens (including phenoxy) is 2. The molecule has 0 spiro atoms. The molecule has 2 aromatic rings. The molecule has 0 saturated carbocycles. The second-order valence-electron chi connectivity index (χ2n) is 5.43. The van der Waals surface area contributed by atoms with Crippen molar-refractivity contribution >= 4 is 21.6 Å². The van der Waals surface area contributed by atoms with Crippen molar-refractivity contribution in [3.05, 3.63) is 65.2 Å². The van der Waals surface area contributed by atoms with E-state index in [1.807, 2.05) is 6.07 Å². The van der Waals surface area contributed by atoms with Crippen LogP contribution in [0.5, 0.6) is 0 Å². The number of Topliss-reactive ketones (excluding diaryl/α,β-unsaturated/α-hetero) is 1. The normalized spacial score (nSPS) is 11.1. The van der Waals surface area contributed by atoms with Gasteiger partial charge in [0.05, 0.1) is 17.1 Å². The second-order valence-corrected chi connectivity index (χ2v) is 7.44. The van der Waals surface area contributed by atoms with Gasteiger partial charge in [-0.2, -0.15) is 0 Å². The van der Waals surface area contributed by atoms with E-state index in [2.05, 4.69) is 0 Å². The number of hydrogen-bond donors (Lipinski definition) is 0. The first-order valence-corrected chi connectivity index (χ1v) is 9.28. The van der Waals surface area contributed by atoms with E-state index >= 15 is 0 Å². The summed E-state index contributed by atoms with van der Waals surface area (Å²) in [5.74, 6) is -1.03. The van der Waals surface area contributed by atoms with Crippen molar-refractivity contribution in [2.75, 3.05) is 20.0 Å². The van der Waals surface area contributed by atoms with E-state index in [-0.39, 0.29) is 10.5 Å². The highest BCUT2D eigenvalue weighted by atomic mass is 32.2. The zero-order valence-electron chi connectivity index (χ0n) is 13.9. The first-order valence-electron chi connectivity index (χ1n) is 7.39. The van der Waals surface area contributed by atoms with Crippen molar-refractivity contribution in [2.45, 2.75) is 11.5 Å². The number of benzene rings is 2. The van der Waals surface area contributed by atoms with Gasteiger partial charge in [0.25, 0.3) is 0 Å². The lowest BCUT2D eigenvalue weighted by Crippen LogP contribution is -2.14. The molecule has 2 rings (SSSR count). The highest BCUT2D eigenvalue weighted by Gasteiger charge is 2.13. The third kappa shape index (κ3) is 5.23. The average Bonchev–Trinajstić information content (AvgIpc) is 2.59. The molecule has 6 nitrogen and oxygen atoms in total. The molecule has 0 fully saturated rings. The van der Waals surface area contributed by atoms with Gasteiger partial charge in [-0.3, -0.25) is 4.79 Å². The van der Waals surface area contributed by atoms with Gasteiger partial charge in [0, 0.05) is 18.9 Å². The summed E-state index contributed by atoms with van der Waals surface area (Å²) in [5, 5.41) is 0. The molecule has 132 valence electrons. The number of sulfone groups is 1. The molecule has 0 atom stereocenters. The van der Waals surface area contributed by atoms with Gasteiger partial charge in [0.1, 0.15) is 0 Å². The summed E-state index contributed by atoms with van der Waals surface area (Å²) in [4.78, 5) is 24.2. The fourth-order valence-corrected chi connectivity index (χ4v) is 2.77. The van der Waals surface area contributed by atoms with E-state index in [0.717, 1.165) is 11.8 Å². The van der Waals surface area contributed by atoms with E-state index in [0.29, 0.717) is 12.2 Å². The number of rotatable bonds is 7. The van der Waals surface area contributed by atoms with E-state index in [1.165, 1.54) is 24.3 Å². The predicted octanol–water partition coefficient (Wildman–Crippen LogP) is 2.28. The number of carbonyl (C=O) groups excluding carboxylic acids is 2. The van der Waals surface area contributed by atoms with Gasteiger partial charge in [-0.05, 0) is 42.0 Å². The SMILES string of the molecule is COCc1cccc(C(=O)OCC(=O)c2ccc(S(C)(=O)=O)cc2)c1. The fourth-order valence-electron chi connectivity index (χ4n) is 2.14. The molecular formula is C18H18O6S. The van der Waals surface area contributed by atoms with Crippen LogP contribution in [0.15, 0.2) is 53.4 Å². The molecule has 0 radical (unpaired) electrons. The van der Waals surface area contributed by atoms with Crippen LogP contribution in [0.1, 0.15) is 26.3 Å². The van der Waals surface area contributed by atoms with Gasteiger partial charge in [-0.15, -0.1) is 0 Å². The molecule has 7 heteroatoms. The van der Waals surface area contributed by atoms with Crippen LogP contribution in [-0.2, 0) is 25.9 Å². The Kier molecular flexibility index (Phi) is 6.06. The predicted molar refractivity (Wildman–Crippen MR) is 91.3 cm³/mol. The summed E-state index contributed by atoms with van der Waals surface area (Å²) in [7, 11) is -1.77. The van der Waals surface area contributed by atoms with Crippen LogP contribution >= 0.6 is 0 Å². The first-order chi connectivity index (χ1) is 11.8. The summed E-state index contributed by atoms with van der Waals surface area (Å²) in [6.07, 6.45) is 1.09. The maximum Gasteiger partial charge on any atom is 0.338 e. The number of carbonyl (C=O) groups is 2. The number of hydrogen-bond acceptors (Lipinski definition) is 6. The van der Waals surface area contributed by atoms with Gasteiger partial charge >= 0.3 is 5.97 Å². The molecule has 0 heterocycles. The minimum absolute atomic E-state index is 0.121. The lowest BCUT2D eigenvalue weighted by Gasteiger charge is -2.06. The molecule has 0 saturated heterocycles. The standard InChI is InChI=1S/C18H18O6S/c1-23-11-13-4-3-5-15(10-13)18(20)24-12-17(19)14-6-8-16(9-7-14)25(2,21)22/h3-10H,11-12H2,1-2H3. The Morgan fingerprint density at radius 1 is 1.00 bits per heavy atom. The molecule has 0 N–H and O–H groups in total. The highest BCUT2D eigenvalue weighted by molar-refractivity contribution is 7.90. The van der Waals surface area contributed by atoms with Crippen molar-refractivity contribution in [1.29, 1.82) is 0 Å². The van der Waals surface area contributed by atoms with Crippen molar-refractivity contribution in [2.24, 2.45) is 0 Å². The van der Waals surface area contributed by atoms with Gasteiger partial charge in [-0.25, -0.2) is 13.2 Å². The smallest absolute Gasteiger partial charge is 0.338 e. The third-order valence-electron chi connectivity index (χ3n) is 3.41.